The number of hydrogen-bond donors (Lipinski definition) is 5. The summed E-state index contributed by atoms with van der Waals surface area (Å²) in [5.74, 6) is -5.57. The number of carbonyl (C=O) groups is 3. The van der Waals surface area contributed by atoms with Crippen LogP contribution in [0.3, 0.4) is 0 Å². The molecule has 7 aliphatic heterocycles. The number of piperidine rings is 2. The normalized spacial score (nSPS) is 31.5. The van der Waals surface area contributed by atoms with Crippen molar-refractivity contribution in [3.8, 4) is 17.2 Å². The Labute approximate surface area is 444 Å². The first-order chi connectivity index (χ1) is 36.1. The molecule has 19 heteroatoms. The van der Waals surface area contributed by atoms with Gasteiger partial charge >= 0.3 is 11.8 Å². The second kappa shape index (κ2) is 22.0. The number of rotatable bonds is 7. The molecule has 3 aromatic rings. The Hall–Kier alpha value is -5.70. The molecule has 0 unspecified atom stereocenters. The van der Waals surface area contributed by atoms with Gasteiger partial charge in [0.15, 0.2) is 5.75 Å². The number of methoxy groups -OCH3 is 1. The molecule has 5 N–H and O–H groups in total. The zero-order valence-electron chi connectivity index (χ0n) is 45.8. The van der Waals surface area contributed by atoms with E-state index in [4.69, 9.17) is 23.9 Å². The van der Waals surface area contributed by atoms with Gasteiger partial charge in [-0.1, -0.05) is 59.8 Å². The number of benzene rings is 2. The summed E-state index contributed by atoms with van der Waals surface area (Å²) < 4.78 is 27.3. The number of imidazole rings is 1. The quantitative estimate of drug-likeness (QED) is 0.156. The lowest BCUT2D eigenvalue weighted by atomic mass is 9.78. The molecular formula is C57H78N8O11. The highest BCUT2D eigenvalue weighted by Gasteiger charge is 2.51. The molecule has 412 valence electrons. The first kappa shape index (κ1) is 55.1. The predicted molar refractivity (Wildman–Crippen MR) is 284 cm³/mol. The third-order valence-electron chi connectivity index (χ3n) is 17.1. The monoisotopic (exact) mass is 1050 g/mol. The maximum atomic E-state index is 15.0. The molecule has 8 heterocycles. The number of aliphatic hydroxyl groups excluding tert-OH is 2. The van der Waals surface area contributed by atoms with Crippen LogP contribution in [0.15, 0.2) is 58.5 Å². The van der Waals surface area contributed by atoms with Crippen LogP contribution in [0.2, 0.25) is 0 Å². The highest BCUT2D eigenvalue weighted by Crippen LogP contribution is 2.51. The summed E-state index contributed by atoms with van der Waals surface area (Å²) in [6.07, 6.45) is 10.7. The third-order valence-corrected chi connectivity index (χ3v) is 17.1. The predicted octanol–water partition coefficient (Wildman–Crippen LogP) is 4.91. The van der Waals surface area contributed by atoms with Crippen molar-refractivity contribution in [1.29, 1.82) is 0 Å². The molecule has 1 spiro atoms. The van der Waals surface area contributed by atoms with E-state index in [9.17, 15) is 30.0 Å². The molecule has 1 amide bonds. The van der Waals surface area contributed by atoms with Gasteiger partial charge in [-0.2, -0.15) is 0 Å². The maximum Gasteiger partial charge on any atom is 0.320 e. The molecule has 0 saturated carbocycles. The van der Waals surface area contributed by atoms with E-state index in [0.29, 0.717) is 43.6 Å². The lowest BCUT2D eigenvalue weighted by Gasteiger charge is -2.40. The van der Waals surface area contributed by atoms with Crippen molar-refractivity contribution in [3.63, 3.8) is 0 Å². The van der Waals surface area contributed by atoms with Crippen molar-refractivity contribution >= 4 is 34.1 Å². The number of anilines is 1. The summed E-state index contributed by atoms with van der Waals surface area (Å²) in [6.45, 7) is 22.6. The van der Waals surface area contributed by atoms with Gasteiger partial charge in [0.25, 0.3) is 11.7 Å². The number of amides is 1. The molecule has 2 aromatic carbocycles. The van der Waals surface area contributed by atoms with Crippen molar-refractivity contribution in [3.05, 3.63) is 76.2 Å². The number of allylic oxidation sites excluding steroid dienone is 2. The molecule has 2 fully saturated rings. The number of likely N-dealkylation sites (tertiary alicyclic amines) is 2. The molecule has 7 aliphatic rings. The number of esters is 1. The molecule has 76 heavy (non-hydrogen) atoms. The largest absolute Gasteiger partial charge is 0.507 e. The van der Waals surface area contributed by atoms with E-state index < -0.39 is 82.9 Å². The molecule has 0 aliphatic carbocycles. The Morgan fingerprint density at radius 1 is 0.908 bits per heavy atom. The number of nitrogens with zero attached hydrogens (tertiary/aromatic N) is 7. The van der Waals surface area contributed by atoms with Crippen LogP contribution in [-0.2, 0) is 36.9 Å². The minimum atomic E-state index is -1.98. The summed E-state index contributed by atoms with van der Waals surface area (Å²) in [5.41, 5.74) is -0.124. The van der Waals surface area contributed by atoms with Crippen LogP contribution in [0.4, 0.5) is 5.69 Å². The number of phenolic OH excluding ortho intramolecular Hbond substituents is 2. The fourth-order valence-electron chi connectivity index (χ4n) is 12.4. The van der Waals surface area contributed by atoms with Gasteiger partial charge in [0.1, 0.15) is 39.8 Å². The number of fused-ring (bicyclic) bond motifs is 14. The van der Waals surface area contributed by atoms with E-state index in [0.717, 1.165) is 57.9 Å². The second-order valence-electron chi connectivity index (χ2n) is 22.9. The Morgan fingerprint density at radius 2 is 1.63 bits per heavy atom. The molecular weight excluding hydrogens is 973 g/mol. The average Bonchev–Trinajstić information content (AvgIpc) is 4.10. The van der Waals surface area contributed by atoms with Crippen molar-refractivity contribution in [2.75, 3.05) is 58.2 Å². The van der Waals surface area contributed by atoms with E-state index in [1.54, 1.807) is 58.9 Å². The van der Waals surface area contributed by atoms with Gasteiger partial charge < -0.3 is 54.2 Å². The minimum Gasteiger partial charge on any atom is -0.507 e. The van der Waals surface area contributed by atoms with Crippen LogP contribution in [0, 0.1) is 36.5 Å². The lowest BCUT2D eigenvalue weighted by Crippen LogP contribution is -2.50. The fraction of sp³-hybridized carbons (Fsp3) is 0.614. The minimum absolute atomic E-state index is 0.0499. The maximum absolute atomic E-state index is 15.0. The zero-order chi connectivity index (χ0) is 54.5. The average molecular weight is 1050 g/mol. The number of ether oxygens (including phenoxy) is 4. The fourth-order valence-corrected chi connectivity index (χ4v) is 12.4. The van der Waals surface area contributed by atoms with Crippen LogP contribution in [0.1, 0.15) is 103 Å². The third kappa shape index (κ3) is 10.5. The summed E-state index contributed by atoms with van der Waals surface area (Å²) in [7, 11) is 1.50. The number of carbonyl (C=O) groups excluding carboxylic acids is 3. The summed E-state index contributed by atoms with van der Waals surface area (Å²) >= 11 is 0. The van der Waals surface area contributed by atoms with Gasteiger partial charge in [0.2, 0.25) is 0 Å². The van der Waals surface area contributed by atoms with Crippen molar-refractivity contribution in [1.82, 2.24) is 24.3 Å². The number of aromatic nitrogens is 2. The van der Waals surface area contributed by atoms with Crippen LogP contribution in [0.25, 0.3) is 10.8 Å². The summed E-state index contributed by atoms with van der Waals surface area (Å²) in [5, 5.41) is 51.7. The van der Waals surface area contributed by atoms with Gasteiger partial charge in [-0.05, 0) is 38.7 Å². The van der Waals surface area contributed by atoms with Crippen LogP contribution in [0.5, 0.6) is 17.2 Å². The highest BCUT2D eigenvalue weighted by atomic mass is 16.7. The van der Waals surface area contributed by atoms with Crippen molar-refractivity contribution in [2.45, 2.75) is 143 Å². The molecule has 10 rings (SSSR count). The number of hydrogen-bond acceptors (Lipinski definition) is 17. The first-order valence-electron chi connectivity index (χ1n) is 27.2. The zero-order valence-corrected chi connectivity index (χ0v) is 45.8. The van der Waals surface area contributed by atoms with Gasteiger partial charge in [-0.15, -0.1) is 0 Å². The number of ketones is 1. The molecule has 5 bridgehead atoms. The Balaban J connectivity index is 1.04. The van der Waals surface area contributed by atoms with E-state index in [-0.39, 0.29) is 56.2 Å². The van der Waals surface area contributed by atoms with E-state index >= 15 is 4.79 Å². The molecule has 2 saturated heterocycles. The number of Topliss-reactive ketones (excluding diaryl/α,β-unsaturated/α-hetero) is 1. The van der Waals surface area contributed by atoms with Crippen LogP contribution >= 0.6 is 0 Å². The van der Waals surface area contributed by atoms with E-state index in [2.05, 4.69) is 48.4 Å². The SMILES string of the molecule is CO[C@H]1/C=C/O[C@@]2(C)Oc3c(C)c(O)c4c(O)c(c5c(c4c3C2=O)NC2(CCN(CC(C)C)CC2)N=5)=NC(=O)/C(C)=C\C=C\[C@H](C)[C@H](O)[C@@H](C)[C@@H](O)[C@@H](C)[C@H](OC(=O)CN2CCC(N3CCn4ccnc4C3)CC2)[C@@H]1C. The number of aromatic hydroxyl groups is 2. The topological polar surface area (TPSA) is 233 Å². The van der Waals surface area contributed by atoms with E-state index in [1.807, 2.05) is 19.3 Å². The van der Waals surface area contributed by atoms with Crippen molar-refractivity contribution in [2.24, 2.45) is 39.6 Å². The number of aliphatic hydroxyl groups is 2. The smallest absolute Gasteiger partial charge is 0.320 e. The molecule has 0 radical (unpaired) electrons. The highest BCUT2D eigenvalue weighted by molar-refractivity contribution is 6.21. The molecule has 1 aromatic heterocycles. The van der Waals surface area contributed by atoms with Gasteiger partial charge in [0.05, 0.1) is 54.3 Å². The first-order valence-corrected chi connectivity index (χ1v) is 27.2. The molecule has 19 nitrogen and oxygen atoms in total. The standard InChI is InChI=1S/C57H78N8O11/c1-31(2)28-63-22-17-57(18-23-63)60-45-42-43-50(69)37(8)53-44(42)54(71)56(9,76-53)74-27-16-39(73-10)34(5)52(75-41(66)30-62-20-14-38(15-21-62)65-26-25-64-24-19-58-40(64)29-65)36(7)49(68)35(6)48(67)32(3)12-11-13-33(4)55(72)59-47(51(43)70)46(45)61-57/h11-13,16,19,24,27,31-32,34-36,38-39,48-49,52,60,67-70H,14-15,17-18,20-23,25-26,28-30H2,1-10H3/b12-11+,27-16+,33-13-,59-47?/t32-,34+,35+,36+,39-,48-,49+,52+,56-/m0/s1. The van der Waals surface area contributed by atoms with Gasteiger partial charge in [-0.25, -0.2) is 9.98 Å². The summed E-state index contributed by atoms with van der Waals surface area (Å²) in [4.78, 5) is 64.3. The Morgan fingerprint density at radius 3 is 2.33 bits per heavy atom. The second-order valence-corrected chi connectivity index (χ2v) is 22.9. The van der Waals surface area contributed by atoms with Crippen molar-refractivity contribution < 1.29 is 53.8 Å². The van der Waals surface area contributed by atoms with Gasteiger partial charge in [0, 0.05) is 131 Å². The van der Waals surface area contributed by atoms with Crippen LogP contribution < -0.4 is 20.8 Å². The van der Waals surface area contributed by atoms with Gasteiger partial charge in [-0.3, -0.25) is 29.2 Å². The number of phenols is 2. The Kier molecular flexibility index (Phi) is 15.9. The summed E-state index contributed by atoms with van der Waals surface area (Å²) in [6, 6.07) is 0.378. The lowest BCUT2D eigenvalue weighted by molar-refractivity contribution is -0.164. The van der Waals surface area contributed by atoms with E-state index in [1.165, 1.54) is 20.3 Å². The molecule has 9 atom stereocenters. The number of nitrogens with one attached hydrogen (secondary N) is 1. The Bertz CT molecular complexity index is 2940. The van der Waals surface area contributed by atoms with Crippen LogP contribution in [-0.4, -0.2) is 157 Å².